The van der Waals surface area contributed by atoms with E-state index >= 15 is 0 Å². The average Bonchev–Trinajstić information content (AvgIpc) is 2.78. The third-order valence-electron chi connectivity index (χ3n) is 5.29. The quantitative estimate of drug-likeness (QED) is 0.226. The number of ether oxygens (including phenoxy) is 6. The first kappa shape index (κ1) is 34.2. The van der Waals surface area contributed by atoms with Crippen molar-refractivity contribution >= 4 is 5.84 Å². The van der Waals surface area contributed by atoms with Gasteiger partial charge in [-0.1, -0.05) is 0 Å². The smallest absolute Gasteiger partial charge is 0.150 e. The molecule has 0 saturated heterocycles. The molecule has 1 heterocycles. The van der Waals surface area contributed by atoms with Crippen molar-refractivity contribution in [3.63, 3.8) is 0 Å². The lowest BCUT2D eigenvalue weighted by Crippen LogP contribution is -2.68. The van der Waals surface area contributed by atoms with Gasteiger partial charge in [-0.15, -0.1) is 0 Å². The lowest BCUT2D eigenvalue weighted by molar-refractivity contribution is -0.209. The van der Waals surface area contributed by atoms with Crippen molar-refractivity contribution in [2.45, 2.75) is 132 Å². The van der Waals surface area contributed by atoms with Crippen molar-refractivity contribution in [3.05, 3.63) is 0 Å². The molecule has 1 rings (SSSR count). The molecule has 37 heavy (non-hydrogen) atoms. The summed E-state index contributed by atoms with van der Waals surface area (Å²) < 4.78 is 36.6. The summed E-state index contributed by atoms with van der Waals surface area (Å²) in [7, 11) is 0. The predicted octanol–water partition coefficient (Wildman–Crippen LogP) is 4.29. The van der Waals surface area contributed by atoms with Crippen LogP contribution in [-0.2, 0) is 28.4 Å². The second kappa shape index (κ2) is 17.7. The highest BCUT2D eigenvalue weighted by Crippen LogP contribution is 2.25. The number of amidine groups is 1. The molecule has 10 nitrogen and oxygen atoms in total. The molecule has 0 fully saturated rings. The van der Waals surface area contributed by atoms with Gasteiger partial charge in [0.05, 0.1) is 43.2 Å². The molecule has 2 unspecified atom stereocenters. The summed E-state index contributed by atoms with van der Waals surface area (Å²) in [5.74, 6) is 0.802. The van der Waals surface area contributed by atoms with E-state index in [2.05, 4.69) is 14.7 Å². The first-order valence-corrected chi connectivity index (χ1v) is 13.8. The zero-order chi connectivity index (χ0) is 28.1. The molecule has 2 atom stereocenters. The first-order chi connectivity index (χ1) is 17.3. The van der Waals surface area contributed by atoms with Gasteiger partial charge in [0.25, 0.3) is 0 Å². The maximum Gasteiger partial charge on any atom is 0.150 e. The minimum absolute atomic E-state index is 0.0440. The fraction of sp³-hybridized carbons (Fsp3) is 0.963. The third-order valence-corrected chi connectivity index (χ3v) is 5.29. The topological polar surface area (TPSA) is 77.5 Å². The highest BCUT2D eigenvalue weighted by Gasteiger charge is 2.42. The van der Waals surface area contributed by atoms with Crippen LogP contribution >= 0.6 is 0 Å². The van der Waals surface area contributed by atoms with E-state index in [4.69, 9.17) is 33.4 Å². The Morgan fingerprint density at radius 1 is 0.622 bits per heavy atom. The number of rotatable bonds is 19. The Labute approximate surface area is 226 Å². The summed E-state index contributed by atoms with van der Waals surface area (Å²) in [6, 6.07) is 0. The molecule has 0 N–H and O–H groups in total. The average molecular weight is 533 g/mol. The second-order valence-corrected chi connectivity index (χ2v) is 11.1. The number of nitrogens with zero attached hydrogens (tertiary/aromatic N) is 4. The van der Waals surface area contributed by atoms with Crippen molar-refractivity contribution in [2.24, 2.45) is 4.99 Å². The van der Waals surface area contributed by atoms with Crippen molar-refractivity contribution in [2.75, 3.05) is 40.1 Å². The first-order valence-electron chi connectivity index (χ1n) is 13.8. The number of hydrogen-bond donors (Lipinski definition) is 0. The lowest BCUT2D eigenvalue weighted by atomic mass is 10.3. The number of hydrogen-bond acceptors (Lipinski definition) is 10. The molecule has 10 heteroatoms. The fourth-order valence-electron chi connectivity index (χ4n) is 3.38. The Morgan fingerprint density at radius 3 is 1.54 bits per heavy atom. The normalized spacial score (nSPS) is 19.6. The standard InChI is InChI=1S/C27H56N4O6/c1-19(2)32-13-25-28-26(14-33-20(3)4)31(18-37-24(11)12)27(30(25)17-36-23(9)10)29(15-34-21(5)6)16-35-22(7)8/h19-25,27H,13-18H2,1-12H3. The van der Waals surface area contributed by atoms with Gasteiger partial charge in [0.2, 0.25) is 0 Å². The van der Waals surface area contributed by atoms with Gasteiger partial charge in [-0.2, -0.15) is 0 Å². The van der Waals surface area contributed by atoms with Crippen LogP contribution in [0.1, 0.15) is 83.1 Å². The van der Waals surface area contributed by atoms with Crippen LogP contribution in [0, 0.1) is 0 Å². The Kier molecular flexibility index (Phi) is 16.3. The lowest BCUT2D eigenvalue weighted by Gasteiger charge is -2.51. The Hall–Kier alpha value is -0.850. The monoisotopic (exact) mass is 532 g/mol. The molecule has 0 aromatic carbocycles. The molecular formula is C27H56N4O6. The van der Waals surface area contributed by atoms with Crippen LogP contribution in [0.15, 0.2) is 4.99 Å². The Bertz CT molecular complexity index is 618. The van der Waals surface area contributed by atoms with Crippen LogP contribution in [0.4, 0.5) is 0 Å². The number of aliphatic imine (C=N–C) groups is 1. The molecule has 0 spiro atoms. The molecular weight excluding hydrogens is 476 g/mol. The maximum atomic E-state index is 6.15. The van der Waals surface area contributed by atoms with E-state index in [9.17, 15) is 0 Å². The van der Waals surface area contributed by atoms with Gasteiger partial charge in [0.1, 0.15) is 51.8 Å². The van der Waals surface area contributed by atoms with Gasteiger partial charge < -0.3 is 33.3 Å². The van der Waals surface area contributed by atoms with Crippen molar-refractivity contribution < 1.29 is 28.4 Å². The molecule has 0 saturated carbocycles. The van der Waals surface area contributed by atoms with Crippen molar-refractivity contribution in [3.8, 4) is 0 Å². The molecule has 1 aliphatic heterocycles. The van der Waals surface area contributed by atoms with Crippen LogP contribution < -0.4 is 0 Å². The van der Waals surface area contributed by atoms with Gasteiger partial charge >= 0.3 is 0 Å². The van der Waals surface area contributed by atoms with Gasteiger partial charge in [-0.05, 0) is 83.1 Å². The molecule has 0 radical (unpaired) electrons. The fourth-order valence-corrected chi connectivity index (χ4v) is 3.38. The largest absolute Gasteiger partial charge is 0.375 e. The minimum Gasteiger partial charge on any atom is -0.375 e. The summed E-state index contributed by atoms with van der Waals surface area (Å²) in [5.41, 5.74) is 0. The molecule has 220 valence electrons. The molecule has 0 bridgehead atoms. The van der Waals surface area contributed by atoms with E-state index in [1.165, 1.54) is 0 Å². The zero-order valence-electron chi connectivity index (χ0n) is 25.6. The van der Waals surface area contributed by atoms with E-state index in [-0.39, 0.29) is 49.1 Å². The van der Waals surface area contributed by atoms with Gasteiger partial charge in [-0.25, -0.2) is 14.8 Å². The van der Waals surface area contributed by atoms with E-state index < -0.39 is 0 Å². The van der Waals surface area contributed by atoms with Crippen LogP contribution in [0.2, 0.25) is 0 Å². The molecule has 1 aliphatic rings. The third kappa shape index (κ3) is 13.7. The van der Waals surface area contributed by atoms with Crippen LogP contribution in [0.5, 0.6) is 0 Å². The van der Waals surface area contributed by atoms with Crippen molar-refractivity contribution in [1.29, 1.82) is 0 Å². The SMILES string of the molecule is CC(C)OCC1=NC(COC(C)C)N(COC(C)C)C(N(COC(C)C)COC(C)C)N1COC(C)C. The van der Waals surface area contributed by atoms with Crippen LogP contribution in [-0.4, -0.2) is 110 Å². The van der Waals surface area contributed by atoms with E-state index in [0.29, 0.717) is 40.1 Å². The Balaban J connectivity index is 3.58. The summed E-state index contributed by atoms with van der Waals surface area (Å²) in [6.45, 7) is 26.6. The van der Waals surface area contributed by atoms with Gasteiger partial charge in [0.15, 0.2) is 0 Å². The molecule has 0 aliphatic carbocycles. The second-order valence-electron chi connectivity index (χ2n) is 11.1. The van der Waals surface area contributed by atoms with E-state index in [0.717, 1.165) is 5.84 Å². The van der Waals surface area contributed by atoms with Crippen LogP contribution in [0.25, 0.3) is 0 Å². The minimum atomic E-state index is -0.320. The maximum absolute atomic E-state index is 6.15. The summed E-state index contributed by atoms with van der Waals surface area (Å²) >= 11 is 0. The van der Waals surface area contributed by atoms with Crippen molar-refractivity contribution in [1.82, 2.24) is 14.7 Å². The van der Waals surface area contributed by atoms with Gasteiger partial charge in [0, 0.05) is 0 Å². The zero-order valence-corrected chi connectivity index (χ0v) is 25.6. The van der Waals surface area contributed by atoms with E-state index in [1.807, 2.05) is 83.1 Å². The van der Waals surface area contributed by atoms with Gasteiger partial charge in [-0.3, -0.25) is 0 Å². The molecule has 0 amide bonds. The Morgan fingerprint density at radius 2 is 1.08 bits per heavy atom. The molecule has 0 aromatic heterocycles. The summed E-state index contributed by atoms with van der Waals surface area (Å²) in [6.07, 6.45) is -0.258. The highest BCUT2D eigenvalue weighted by molar-refractivity contribution is 5.84. The molecule has 0 aromatic rings. The van der Waals surface area contributed by atoms with E-state index in [1.54, 1.807) is 0 Å². The van der Waals surface area contributed by atoms with Crippen LogP contribution in [0.3, 0.4) is 0 Å². The summed E-state index contributed by atoms with van der Waals surface area (Å²) in [4.78, 5) is 11.6. The predicted molar refractivity (Wildman–Crippen MR) is 147 cm³/mol. The highest BCUT2D eigenvalue weighted by atomic mass is 16.5. The summed E-state index contributed by atoms with van der Waals surface area (Å²) in [5, 5.41) is 0.